The van der Waals surface area contributed by atoms with Crippen LogP contribution in [0, 0.1) is 10.1 Å². The lowest BCUT2D eigenvalue weighted by atomic mass is 10.2. The van der Waals surface area contributed by atoms with Gasteiger partial charge in [0.2, 0.25) is 0 Å². The van der Waals surface area contributed by atoms with E-state index in [4.69, 9.17) is 10.8 Å². The van der Waals surface area contributed by atoms with Gasteiger partial charge < -0.3 is 16.2 Å². The van der Waals surface area contributed by atoms with Gasteiger partial charge in [0.25, 0.3) is 0 Å². The number of aliphatic hydroxyl groups is 1. The molecule has 0 saturated carbocycles. The van der Waals surface area contributed by atoms with E-state index in [2.05, 4.69) is 5.32 Å². The Balaban J connectivity index is 2.64. The Morgan fingerprint density at radius 2 is 2.29 bits per heavy atom. The SMILES string of the molecule is CC(O)CCCNc1cccc(N)c1[N+](=O)[O-]. The lowest BCUT2D eigenvalue weighted by Crippen LogP contribution is -2.08. The third kappa shape index (κ3) is 3.92. The number of rotatable bonds is 6. The Hall–Kier alpha value is -1.82. The number of aliphatic hydroxyl groups excluding tert-OH is 1. The van der Waals surface area contributed by atoms with E-state index in [9.17, 15) is 10.1 Å². The van der Waals surface area contributed by atoms with Crippen LogP contribution in [-0.4, -0.2) is 22.7 Å². The standard InChI is InChI=1S/C11H17N3O3/c1-8(15)4-3-7-13-10-6-2-5-9(12)11(10)14(16)17/h2,5-6,8,13,15H,3-4,7,12H2,1H3. The first-order valence-corrected chi connectivity index (χ1v) is 5.47. The maximum Gasteiger partial charge on any atom is 0.314 e. The van der Waals surface area contributed by atoms with Gasteiger partial charge in [-0.1, -0.05) is 6.07 Å². The third-order valence-electron chi connectivity index (χ3n) is 2.36. The van der Waals surface area contributed by atoms with Crippen molar-refractivity contribution in [3.8, 4) is 0 Å². The van der Waals surface area contributed by atoms with E-state index in [1.807, 2.05) is 0 Å². The number of anilines is 2. The monoisotopic (exact) mass is 239 g/mol. The molecule has 1 rings (SSSR count). The van der Waals surface area contributed by atoms with Crippen LogP contribution in [-0.2, 0) is 0 Å². The molecule has 0 aliphatic heterocycles. The van der Waals surface area contributed by atoms with Crippen molar-refractivity contribution in [1.82, 2.24) is 0 Å². The number of para-hydroxylation sites is 1. The van der Waals surface area contributed by atoms with Crippen molar-refractivity contribution in [2.24, 2.45) is 0 Å². The van der Waals surface area contributed by atoms with Gasteiger partial charge in [-0.25, -0.2) is 0 Å². The molecular weight excluding hydrogens is 222 g/mol. The van der Waals surface area contributed by atoms with Gasteiger partial charge in [0.05, 0.1) is 11.0 Å². The van der Waals surface area contributed by atoms with Gasteiger partial charge in [-0.3, -0.25) is 10.1 Å². The van der Waals surface area contributed by atoms with Crippen molar-refractivity contribution in [2.45, 2.75) is 25.9 Å². The van der Waals surface area contributed by atoms with Gasteiger partial charge in [0.1, 0.15) is 11.4 Å². The second-order valence-corrected chi connectivity index (χ2v) is 3.92. The van der Waals surface area contributed by atoms with Crippen LogP contribution in [0.4, 0.5) is 17.1 Å². The summed E-state index contributed by atoms with van der Waals surface area (Å²) in [5.74, 6) is 0. The minimum Gasteiger partial charge on any atom is -0.393 e. The predicted molar refractivity (Wildman–Crippen MR) is 66.9 cm³/mol. The Bertz CT molecular complexity index is 394. The van der Waals surface area contributed by atoms with E-state index in [0.29, 0.717) is 18.7 Å². The first-order valence-electron chi connectivity index (χ1n) is 5.47. The fraction of sp³-hybridized carbons (Fsp3) is 0.455. The third-order valence-corrected chi connectivity index (χ3v) is 2.36. The molecular formula is C11H17N3O3. The molecule has 0 heterocycles. The van der Waals surface area contributed by atoms with Gasteiger partial charge >= 0.3 is 5.69 Å². The van der Waals surface area contributed by atoms with Crippen molar-refractivity contribution in [2.75, 3.05) is 17.6 Å². The van der Waals surface area contributed by atoms with Gasteiger partial charge in [-0.05, 0) is 31.9 Å². The summed E-state index contributed by atoms with van der Waals surface area (Å²) in [6, 6.07) is 4.79. The van der Waals surface area contributed by atoms with Crippen molar-refractivity contribution in [1.29, 1.82) is 0 Å². The van der Waals surface area contributed by atoms with Crippen LogP contribution in [0.3, 0.4) is 0 Å². The molecule has 0 aliphatic rings. The second kappa shape index (κ2) is 6.05. The van der Waals surface area contributed by atoms with E-state index in [1.165, 1.54) is 6.07 Å². The quantitative estimate of drug-likeness (QED) is 0.304. The zero-order valence-corrected chi connectivity index (χ0v) is 9.72. The van der Waals surface area contributed by atoms with Crippen LogP contribution in [0.15, 0.2) is 18.2 Å². The highest BCUT2D eigenvalue weighted by Crippen LogP contribution is 2.30. The molecule has 0 bridgehead atoms. The zero-order chi connectivity index (χ0) is 12.8. The van der Waals surface area contributed by atoms with Crippen molar-refractivity contribution < 1.29 is 10.0 Å². The molecule has 0 radical (unpaired) electrons. The Morgan fingerprint density at radius 1 is 1.59 bits per heavy atom. The fourth-order valence-corrected chi connectivity index (χ4v) is 1.53. The molecule has 6 heteroatoms. The molecule has 1 aromatic carbocycles. The highest BCUT2D eigenvalue weighted by Gasteiger charge is 2.16. The van der Waals surface area contributed by atoms with E-state index in [-0.39, 0.29) is 17.5 Å². The van der Waals surface area contributed by atoms with E-state index < -0.39 is 4.92 Å². The molecule has 0 spiro atoms. The Morgan fingerprint density at radius 3 is 2.88 bits per heavy atom. The number of nitrogens with two attached hydrogens (primary N) is 1. The molecule has 94 valence electrons. The molecule has 0 amide bonds. The molecule has 0 fully saturated rings. The molecule has 1 atom stereocenters. The minimum absolute atomic E-state index is 0.0930. The largest absolute Gasteiger partial charge is 0.393 e. The number of nitro groups is 1. The number of hydrogen-bond donors (Lipinski definition) is 3. The summed E-state index contributed by atoms with van der Waals surface area (Å²) in [5, 5.41) is 22.9. The predicted octanol–water partition coefficient (Wildman–Crippen LogP) is 1.75. The zero-order valence-electron chi connectivity index (χ0n) is 9.72. The summed E-state index contributed by atoms with van der Waals surface area (Å²) in [6.07, 6.45) is 1.04. The molecule has 0 aliphatic carbocycles. The molecule has 4 N–H and O–H groups in total. The van der Waals surface area contributed by atoms with Crippen LogP contribution in [0.1, 0.15) is 19.8 Å². The summed E-state index contributed by atoms with van der Waals surface area (Å²) >= 11 is 0. The normalized spacial score (nSPS) is 12.1. The number of hydrogen-bond acceptors (Lipinski definition) is 5. The van der Waals surface area contributed by atoms with E-state index in [0.717, 1.165) is 6.42 Å². The summed E-state index contributed by atoms with van der Waals surface area (Å²) in [5.41, 5.74) is 6.03. The average molecular weight is 239 g/mol. The molecule has 17 heavy (non-hydrogen) atoms. The van der Waals surface area contributed by atoms with Crippen LogP contribution in [0.5, 0.6) is 0 Å². The molecule has 1 unspecified atom stereocenters. The highest BCUT2D eigenvalue weighted by molar-refractivity contribution is 5.74. The lowest BCUT2D eigenvalue weighted by molar-refractivity contribution is -0.383. The Kier molecular flexibility index (Phi) is 4.71. The van der Waals surface area contributed by atoms with Gasteiger partial charge in [-0.15, -0.1) is 0 Å². The summed E-state index contributed by atoms with van der Waals surface area (Å²) in [6.45, 7) is 2.28. The number of nitro benzene ring substituents is 1. The highest BCUT2D eigenvalue weighted by atomic mass is 16.6. The van der Waals surface area contributed by atoms with Crippen molar-refractivity contribution in [3.05, 3.63) is 28.3 Å². The molecule has 0 saturated heterocycles. The lowest BCUT2D eigenvalue weighted by Gasteiger charge is -2.09. The molecule has 1 aromatic rings. The topological polar surface area (TPSA) is 101 Å². The van der Waals surface area contributed by atoms with Gasteiger partial charge in [0, 0.05) is 6.54 Å². The number of benzene rings is 1. The number of nitrogens with zero attached hydrogens (tertiary/aromatic N) is 1. The summed E-state index contributed by atoms with van der Waals surface area (Å²) < 4.78 is 0. The van der Waals surface area contributed by atoms with Crippen molar-refractivity contribution >= 4 is 17.1 Å². The van der Waals surface area contributed by atoms with Crippen LogP contribution < -0.4 is 11.1 Å². The maximum atomic E-state index is 10.8. The summed E-state index contributed by atoms with van der Waals surface area (Å²) in [4.78, 5) is 10.3. The second-order valence-electron chi connectivity index (χ2n) is 3.92. The average Bonchev–Trinajstić information content (AvgIpc) is 2.23. The Labute approximate surface area is 99.6 Å². The number of nitrogen functional groups attached to an aromatic ring is 1. The maximum absolute atomic E-state index is 10.8. The first kappa shape index (κ1) is 13.2. The fourth-order valence-electron chi connectivity index (χ4n) is 1.53. The molecule has 6 nitrogen and oxygen atoms in total. The smallest absolute Gasteiger partial charge is 0.314 e. The van der Waals surface area contributed by atoms with Crippen LogP contribution >= 0.6 is 0 Å². The van der Waals surface area contributed by atoms with Gasteiger partial charge in [-0.2, -0.15) is 0 Å². The van der Waals surface area contributed by atoms with Crippen LogP contribution in [0.25, 0.3) is 0 Å². The van der Waals surface area contributed by atoms with E-state index >= 15 is 0 Å². The van der Waals surface area contributed by atoms with Crippen molar-refractivity contribution in [3.63, 3.8) is 0 Å². The van der Waals surface area contributed by atoms with E-state index in [1.54, 1.807) is 19.1 Å². The minimum atomic E-state index is -0.494. The first-order chi connectivity index (χ1) is 8.02. The number of nitrogens with one attached hydrogen (secondary N) is 1. The summed E-state index contributed by atoms with van der Waals surface area (Å²) in [7, 11) is 0. The molecule has 0 aromatic heterocycles. The van der Waals surface area contributed by atoms with Gasteiger partial charge in [0.15, 0.2) is 0 Å². The van der Waals surface area contributed by atoms with Crippen LogP contribution in [0.2, 0.25) is 0 Å².